The number of nitro benzene ring substituents is 1. The number of ether oxygens (including phenoxy) is 2. The smallest absolute Gasteiger partial charge is 0.338 e. The Morgan fingerprint density at radius 1 is 1.19 bits per heavy atom. The summed E-state index contributed by atoms with van der Waals surface area (Å²) in [6.45, 7) is 3.27. The molecule has 8 heteroatoms. The normalized spacial score (nSPS) is 11.3. The third-order valence-corrected chi connectivity index (χ3v) is 3.70. The van der Waals surface area contributed by atoms with Crippen molar-refractivity contribution in [2.75, 3.05) is 13.2 Å². The van der Waals surface area contributed by atoms with E-state index in [1.807, 2.05) is 37.3 Å². The molecule has 1 atom stereocenters. The summed E-state index contributed by atoms with van der Waals surface area (Å²) < 4.78 is 10.1. The van der Waals surface area contributed by atoms with E-state index in [4.69, 9.17) is 9.47 Å². The van der Waals surface area contributed by atoms with Gasteiger partial charge in [-0.2, -0.15) is 0 Å². The van der Waals surface area contributed by atoms with Crippen LogP contribution >= 0.6 is 0 Å². The summed E-state index contributed by atoms with van der Waals surface area (Å²) in [6, 6.07) is 12.8. The quantitative estimate of drug-likeness (QED) is 0.433. The maximum absolute atomic E-state index is 12.1. The molecular weight excluding hydrogens is 352 g/mol. The second-order valence-corrected chi connectivity index (χ2v) is 5.65. The van der Waals surface area contributed by atoms with Crippen LogP contribution in [-0.2, 0) is 9.53 Å². The van der Waals surface area contributed by atoms with E-state index in [9.17, 15) is 19.7 Å². The molecule has 0 unspecified atom stereocenters. The van der Waals surface area contributed by atoms with Gasteiger partial charge >= 0.3 is 11.7 Å². The second-order valence-electron chi connectivity index (χ2n) is 5.65. The maximum atomic E-state index is 12.1. The van der Waals surface area contributed by atoms with Crippen molar-refractivity contribution in [3.05, 3.63) is 69.8 Å². The predicted octanol–water partition coefficient (Wildman–Crippen LogP) is 3.03. The average molecular weight is 372 g/mol. The van der Waals surface area contributed by atoms with Gasteiger partial charge < -0.3 is 14.8 Å². The van der Waals surface area contributed by atoms with Crippen molar-refractivity contribution < 1.29 is 24.0 Å². The zero-order valence-electron chi connectivity index (χ0n) is 15.0. The number of nitrogens with one attached hydrogen (secondary N) is 1. The number of amides is 1. The fourth-order valence-corrected chi connectivity index (χ4v) is 2.39. The predicted molar refractivity (Wildman–Crippen MR) is 97.5 cm³/mol. The zero-order chi connectivity index (χ0) is 19.8. The van der Waals surface area contributed by atoms with E-state index in [0.717, 1.165) is 11.6 Å². The lowest BCUT2D eigenvalue weighted by molar-refractivity contribution is -0.385. The van der Waals surface area contributed by atoms with Crippen molar-refractivity contribution in [3.63, 3.8) is 0 Å². The molecule has 0 spiro atoms. The first-order chi connectivity index (χ1) is 12.9. The van der Waals surface area contributed by atoms with Gasteiger partial charge in [0, 0.05) is 6.07 Å². The van der Waals surface area contributed by atoms with E-state index in [1.54, 1.807) is 6.92 Å². The van der Waals surface area contributed by atoms with Gasteiger partial charge in [-0.25, -0.2) is 4.79 Å². The summed E-state index contributed by atoms with van der Waals surface area (Å²) in [5.41, 5.74) is 0.543. The molecule has 0 aliphatic heterocycles. The molecule has 0 aromatic heterocycles. The third-order valence-electron chi connectivity index (χ3n) is 3.70. The summed E-state index contributed by atoms with van der Waals surface area (Å²) >= 11 is 0. The minimum atomic E-state index is -0.830. The number of benzene rings is 2. The van der Waals surface area contributed by atoms with Gasteiger partial charge in [-0.1, -0.05) is 30.3 Å². The van der Waals surface area contributed by atoms with Gasteiger partial charge in [0.25, 0.3) is 5.91 Å². The molecule has 1 amide bonds. The van der Waals surface area contributed by atoms with Crippen LogP contribution in [0.5, 0.6) is 5.75 Å². The molecule has 27 heavy (non-hydrogen) atoms. The number of carbonyl (C=O) groups excluding carboxylic acids is 2. The van der Waals surface area contributed by atoms with Crippen molar-refractivity contribution in [3.8, 4) is 5.75 Å². The van der Waals surface area contributed by atoms with Crippen molar-refractivity contribution in [2.24, 2.45) is 0 Å². The molecular formula is C19H20N2O6. The van der Waals surface area contributed by atoms with E-state index >= 15 is 0 Å². The Morgan fingerprint density at radius 2 is 1.89 bits per heavy atom. The number of carbonyl (C=O) groups is 2. The van der Waals surface area contributed by atoms with Crippen molar-refractivity contribution >= 4 is 17.6 Å². The van der Waals surface area contributed by atoms with Crippen LogP contribution in [0.4, 0.5) is 5.69 Å². The zero-order valence-corrected chi connectivity index (χ0v) is 15.0. The number of nitro groups is 1. The highest BCUT2D eigenvalue weighted by Gasteiger charge is 2.20. The van der Waals surface area contributed by atoms with Crippen LogP contribution in [0, 0.1) is 10.1 Å². The Hall–Kier alpha value is -3.42. The summed E-state index contributed by atoms with van der Waals surface area (Å²) in [7, 11) is 0. The SMILES string of the molecule is CCOc1ccc(C(=O)OCC(=O)N[C@@H](C)c2ccccc2)cc1[N+](=O)[O-]. The van der Waals surface area contributed by atoms with E-state index < -0.39 is 23.4 Å². The first-order valence-electron chi connectivity index (χ1n) is 8.35. The van der Waals surface area contributed by atoms with Crippen LogP contribution in [0.15, 0.2) is 48.5 Å². The van der Waals surface area contributed by atoms with E-state index in [-0.39, 0.29) is 29.6 Å². The Kier molecular flexibility index (Phi) is 6.87. The van der Waals surface area contributed by atoms with Crippen molar-refractivity contribution in [1.29, 1.82) is 0 Å². The average Bonchev–Trinajstić information content (AvgIpc) is 2.67. The van der Waals surface area contributed by atoms with Gasteiger partial charge in [0.2, 0.25) is 0 Å². The fraction of sp³-hybridized carbons (Fsp3) is 0.263. The molecule has 8 nitrogen and oxygen atoms in total. The second kappa shape index (κ2) is 9.33. The van der Waals surface area contributed by atoms with Crippen LogP contribution in [0.2, 0.25) is 0 Å². The maximum Gasteiger partial charge on any atom is 0.338 e. The number of rotatable bonds is 8. The molecule has 1 N–H and O–H groups in total. The van der Waals surface area contributed by atoms with Crippen molar-refractivity contribution in [1.82, 2.24) is 5.32 Å². The lowest BCUT2D eigenvalue weighted by Crippen LogP contribution is -2.31. The highest BCUT2D eigenvalue weighted by Crippen LogP contribution is 2.28. The first kappa shape index (κ1) is 19.9. The van der Waals surface area contributed by atoms with Crippen molar-refractivity contribution in [2.45, 2.75) is 19.9 Å². The van der Waals surface area contributed by atoms with E-state index in [2.05, 4.69) is 5.32 Å². The van der Waals surface area contributed by atoms with Gasteiger partial charge in [-0.05, 0) is 31.5 Å². The Morgan fingerprint density at radius 3 is 2.52 bits per heavy atom. The molecule has 0 heterocycles. The largest absolute Gasteiger partial charge is 0.487 e. The lowest BCUT2D eigenvalue weighted by atomic mass is 10.1. The minimum Gasteiger partial charge on any atom is -0.487 e. The summed E-state index contributed by atoms with van der Waals surface area (Å²) in [5.74, 6) is -1.24. The molecule has 0 saturated heterocycles. The minimum absolute atomic E-state index is 0.0333. The molecule has 142 valence electrons. The number of hydrogen-bond acceptors (Lipinski definition) is 6. The number of nitrogens with zero attached hydrogens (tertiary/aromatic N) is 1. The van der Waals surface area contributed by atoms with Crippen LogP contribution in [0.1, 0.15) is 35.8 Å². The standard InChI is InChI=1S/C19H20N2O6/c1-3-26-17-10-9-15(11-16(17)21(24)25)19(23)27-12-18(22)20-13(2)14-7-5-4-6-8-14/h4-11,13H,3,12H2,1-2H3,(H,20,22)/t13-/m0/s1. The van der Waals surface area contributed by atoms with E-state index in [1.165, 1.54) is 12.1 Å². The van der Waals surface area contributed by atoms with Gasteiger partial charge in [0.15, 0.2) is 12.4 Å². The Labute approximate surface area is 156 Å². The molecule has 0 aliphatic carbocycles. The summed E-state index contributed by atoms with van der Waals surface area (Å²) in [5, 5.41) is 13.8. The summed E-state index contributed by atoms with van der Waals surface area (Å²) in [6.07, 6.45) is 0. The van der Waals surface area contributed by atoms with Gasteiger partial charge in [0.1, 0.15) is 0 Å². The fourth-order valence-electron chi connectivity index (χ4n) is 2.39. The molecule has 0 aliphatic rings. The Bertz CT molecular complexity index is 822. The topological polar surface area (TPSA) is 108 Å². The van der Waals surface area contributed by atoms with Crippen LogP contribution in [0.3, 0.4) is 0 Å². The monoisotopic (exact) mass is 372 g/mol. The van der Waals surface area contributed by atoms with Gasteiger partial charge in [-0.15, -0.1) is 0 Å². The number of esters is 1. The van der Waals surface area contributed by atoms with Crippen LogP contribution in [-0.4, -0.2) is 30.0 Å². The molecule has 2 aromatic rings. The third kappa shape index (κ3) is 5.53. The highest BCUT2D eigenvalue weighted by atomic mass is 16.6. The van der Waals surface area contributed by atoms with E-state index in [0.29, 0.717) is 0 Å². The van der Waals surface area contributed by atoms with Crippen LogP contribution in [0.25, 0.3) is 0 Å². The molecule has 0 saturated carbocycles. The Balaban J connectivity index is 1.96. The lowest BCUT2D eigenvalue weighted by Gasteiger charge is -2.14. The van der Waals surface area contributed by atoms with Gasteiger partial charge in [-0.3, -0.25) is 14.9 Å². The number of hydrogen-bond donors (Lipinski definition) is 1. The highest BCUT2D eigenvalue weighted by molar-refractivity contribution is 5.92. The van der Waals surface area contributed by atoms with Gasteiger partial charge in [0.05, 0.1) is 23.1 Å². The first-order valence-corrected chi connectivity index (χ1v) is 8.35. The molecule has 0 radical (unpaired) electrons. The molecule has 0 fully saturated rings. The summed E-state index contributed by atoms with van der Waals surface area (Å²) in [4.78, 5) is 34.5. The molecule has 0 bridgehead atoms. The molecule has 2 aromatic carbocycles. The van der Waals surface area contributed by atoms with Crippen LogP contribution < -0.4 is 10.1 Å². The molecule has 2 rings (SSSR count).